The summed E-state index contributed by atoms with van der Waals surface area (Å²) in [6.07, 6.45) is 1.68. The molecular formula is C24H17Cl2NO3. The third-order valence-electron chi connectivity index (χ3n) is 4.51. The first-order valence-electron chi connectivity index (χ1n) is 9.25. The number of aryl methyl sites for hydroxylation is 1. The summed E-state index contributed by atoms with van der Waals surface area (Å²) < 4.78 is 11.1. The van der Waals surface area contributed by atoms with Gasteiger partial charge < -0.3 is 9.47 Å². The molecular weight excluding hydrogens is 421 g/mol. The second-order valence-corrected chi connectivity index (χ2v) is 7.58. The highest BCUT2D eigenvalue weighted by Crippen LogP contribution is 2.26. The zero-order valence-electron chi connectivity index (χ0n) is 16.1. The molecule has 0 spiro atoms. The zero-order chi connectivity index (χ0) is 21.1. The molecule has 0 amide bonds. The van der Waals surface area contributed by atoms with Gasteiger partial charge in [0, 0.05) is 21.2 Å². The number of esters is 1. The molecule has 6 heteroatoms. The third-order valence-corrected chi connectivity index (χ3v) is 5.22. The topological polar surface area (TPSA) is 47.9 Å². The number of cyclic esters (lactones) is 1. The molecule has 3 aromatic carbocycles. The first-order chi connectivity index (χ1) is 14.5. The number of aliphatic imine (C=N–C) groups is 1. The molecule has 0 aromatic heterocycles. The molecule has 0 atom stereocenters. The highest BCUT2D eigenvalue weighted by atomic mass is 35.5. The summed E-state index contributed by atoms with van der Waals surface area (Å²) in [5.41, 5.74) is 3.63. The van der Waals surface area contributed by atoms with Gasteiger partial charge in [-0.3, -0.25) is 0 Å². The number of hydrogen-bond acceptors (Lipinski definition) is 4. The Kier molecular flexibility index (Phi) is 5.88. The van der Waals surface area contributed by atoms with Crippen LogP contribution in [0.4, 0.5) is 0 Å². The molecule has 0 N–H and O–H groups in total. The Morgan fingerprint density at radius 1 is 1.00 bits per heavy atom. The Hall–Kier alpha value is -3.08. The van der Waals surface area contributed by atoms with Crippen LogP contribution in [0.3, 0.4) is 0 Å². The second-order valence-electron chi connectivity index (χ2n) is 6.76. The summed E-state index contributed by atoms with van der Waals surface area (Å²) >= 11 is 12.3. The maximum atomic E-state index is 12.2. The van der Waals surface area contributed by atoms with E-state index in [4.69, 9.17) is 32.7 Å². The van der Waals surface area contributed by atoms with Crippen LogP contribution >= 0.6 is 23.2 Å². The fourth-order valence-electron chi connectivity index (χ4n) is 2.95. The number of ether oxygens (including phenoxy) is 2. The molecule has 4 rings (SSSR count). The first kappa shape index (κ1) is 20.2. The first-order valence-corrected chi connectivity index (χ1v) is 10.0. The number of nitrogens with zero attached hydrogens (tertiary/aromatic N) is 1. The van der Waals surface area contributed by atoms with Crippen molar-refractivity contribution >= 4 is 41.1 Å². The van der Waals surface area contributed by atoms with Gasteiger partial charge in [0.05, 0.1) is 0 Å². The van der Waals surface area contributed by atoms with Crippen LogP contribution in [0, 0.1) is 6.92 Å². The van der Waals surface area contributed by atoms with E-state index in [1.807, 2.05) is 55.5 Å². The molecule has 1 aliphatic heterocycles. The monoisotopic (exact) mass is 437 g/mol. The Bertz CT molecular complexity index is 1150. The zero-order valence-corrected chi connectivity index (χ0v) is 17.6. The van der Waals surface area contributed by atoms with Crippen molar-refractivity contribution in [1.29, 1.82) is 0 Å². The Morgan fingerprint density at radius 2 is 1.70 bits per heavy atom. The van der Waals surface area contributed by atoms with Gasteiger partial charge in [0.1, 0.15) is 12.4 Å². The van der Waals surface area contributed by atoms with E-state index in [0.717, 1.165) is 22.3 Å². The van der Waals surface area contributed by atoms with Gasteiger partial charge in [-0.05, 0) is 55.0 Å². The quantitative estimate of drug-likeness (QED) is 0.351. The summed E-state index contributed by atoms with van der Waals surface area (Å²) in [7, 11) is 0. The number of carbonyl (C=O) groups excluding carboxylic acids is 1. The van der Waals surface area contributed by atoms with E-state index in [-0.39, 0.29) is 12.3 Å². The minimum atomic E-state index is -0.472. The fraction of sp³-hybridized carbons (Fsp3) is 0.0833. The SMILES string of the molecule is Cc1cccc(C2=N/C(=C\c3ccc(OCc4c(Cl)cccc4Cl)cc3)C(=O)O2)c1. The van der Waals surface area contributed by atoms with E-state index in [2.05, 4.69) is 4.99 Å². The second kappa shape index (κ2) is 8.74. The Balaban J connectivity index is 1.47. The van der Waals surface area contributed by atoms with Crippen molar-refractivity contribution in [2.24, 2.45) is 4.99 Å². The van der Waals surface area contributed by atoms with Crippen LogP contribution in [-0.2, 0) is 16.1 Å². The minimum absolute atomic E-state index is 0.253. The molecule has 0 aliphatic carbocycles. The van der Waals surface area contributed by atoms with Crippen molar-refractivity contribution in [3.63, 3.8) is 0 Å². The lowest BCUT2D eigenvalue weighted by Gasteiger charge is -2.09. The number of halogens is 2. The highest BCUT2D eigenvalue weighted by Gasteiger charge is 2.24. The summed E-state index contributed by atoms with van der Waals surface area (Å²) in [6, 6.07) is 20.3. The summed E-state index contributed by atoms with van der Waals surface area (Å²) in [6.45, 7) is 2.23. The summed E-state index contributed by atoms with van der Waals surface area (Å²) in [4.78, 5) is 16.5. The average molecular weight is 438 g/mol. The average Bonchev–Trinajstić information content (AvgIpc) is 3.09. The van der Waals surface area contributed by atoms with E-state index in [9.17, 15) is 4.79 Å². The van der Waals surface area contributed by atoms with E-state index in [0.29, 0.717) is 21.7 Å². The van der Waals surface area contributed by atoms with Crippen molar-refractivity contribution in [3.8, 4) is 5.75 Å². The van der Waals surface area contributed by atoms with Crippen molar-refractivity contribution in [1.82, 2.24) is 0 Å². The van der Waals surface area contributed by atoms with E-state index < -0.39 is 5.97 Å². The van der Waals surface area contributed by atoms with Crippen molar-refractivity contribution in [2.45, 2.75) is 13.5 Å². The lowest BCUT2D eigenvalue weighted by molar-refractivity contribution is -0.129. The van der Waals surface area contributed by atoms with Gasteiger partial charge in [-0.1, -0.05) is 59.1 Å². The maximum Gasteiger partial charge on any atom is 0.363 e. The van der Waals surface area contributed by atoms with Crippen LogP contribution in [0.2, 0.25) is 10.0 Å². The van der Waals surface area contributed by atoms with Crippen LogP contribution < -0.4 is 4.74 Å². The van der Waals surface area contributed by atoms with Crippen LogP contribution in [0.1, 0.15) is 22.3 Å². The molecule has 0 fully saturated rings. The molecule has 1 heterocycles. The molecule has 0 bridgehead atoms. The van der Waals surface area contributed by atoms with Gasteiger partial charge in [0.25, 0.3) is 0 Å². The smallest absolute Gasteiger partial charge is 0.363 e. The molecule has 0 radical (unpaired) electrons. The van der Waals surface area contributed by atoms with Crippen LogP contribution in [-0.4, -0.2) is 11.9 Å². The molecule has 30 heavy (non-hydrogen) atoms. The number of carbonyl (C=O) groups is 1. The fourth-order valence-corrected chi connectivity index (χ4v) is 3.46. The lowest BCUT2D eigenvalue weighted by Crippen LogP contribution is -2.05. The van der Waals surface area contributed by atoms with Crippen molar-refractivity contribution in [2.75, 3.05) is 0 Å². The normalized spacial score (nSPS) is 14.6. The van der Waals surface area contributed by atoms with Crippen molar-refractivity contribution < 1.29 is 14.3 Å². The maximum absolute atomic E-state index is 12.2. The summed E-state index contributed by atoms with van der Waals surface area (Å²) in [5.74, 6) is 0.498. The number of hydrogen-bond donors (Lipinski definition) is 0. The van der Waals surface area contributed by atoms with Crippen LogP contribution in [0.5, 0.6) is 5.75 Å². The highest BCUT2D eigenvalue weighted by molar-refractivity contribution is 6.35. The standard InChI is InChI=1S/C24H17Cl2NO3/c1-15-4-2-5-17(12-15)23-27-22(24(28)30-23)13-16-8-10-18(11-9-16)29-14-19-20(25)6-3-7-21(19)26/h2-13H,14H2,1H3/b22-13-. The van der Waals surface area contributed by atoms with Gasteiger partial charge in [-0.25, -0.2) is 9.79 Å². The molecule has 0 unspecified atom stereocenters. The molecule has 1 aliphatic rings. The molecule has 0 saturated carbocycles. The van der Waals surface area contributed by atoms with Crippen LogP contribution in [0.25, 0.3) is 6.08 Å². The molecule has 3 aromatic rings. The lowest BCUT2D eigenvalue weighted by atomic mass is 10.1. The molecule has 0 saturated heterocycles. The van der Waals surface area contributed by atoms with Crippen LogP contribution in [0.15, 0.2) is 77.4 Å². The Morgan fingerprint density at radius 3 is 2.40 bits per heavy atom. The van der Waals surface area contributed by atoms with Gasteiger partial charge >= 0.3 is 5.97 Å². The van der Waals surface area contributed by atoms with Gasteiger partial charge in [0.2, 0.25) is 5.90 Å². The van der Waals surface area contributed by atoms with E-state index in [1.54, 1.807) is 24.3 Å². The molecule has 150 valence electrons. The van der Waals surface area contributed by atoms with Gasteiger partial charge in [-0.2, -0.15) is 0 Å². The Labute approximate surface area is 184 Å². The third kappa shape index (κ3) is 4.56. The summed E-state index contributed by atoms with van der Waals surface area (Å²) in [5, 5.41) is 1.12. The van der Waals surface area contributed by atoms with Crippen molar-refractivity contribution in [3.05, 3.63) is 105 Å². The largest absolute Gasteiger partial charge is 0.489 e. The van der Waals surface area contributed by atoms with Gasteiger partial charge in [-0.15, -0.1) is 0 Å². The molecule has 4 nitrogen and oxygen atoms in total. The predicted molar refractivity (Wildman–Crippen MR) is 119 cm³/mol. The minimum Gasteiger partial charge on any atom is -0.489 e. The predicted octanol–water partition coefficient (Wildman–Crippen LogP) is 6.23. The van der Waals surface area contributed by atoms with E-state index >= 15 is 0 Å². The van der Waals surface area contributed by atoms with E-state index in [1.165, 1.54) is 0 Å². The number of rotatable bonds is 5. The van der Waals surface area contributed by atoms with Gasteiger partial charge in [0.15, 0.2) is 5.70 Å². The number of benzene rings is 3.